The first kappa shape index (κ1) is 28.7. The summed E-state index contributed by atoms with van der Waals surface area (Å²) in [4.78, 5) is 24.1. The number of hydrogen-bond acceptors (Lipinski definition) is 4. The molecule has 3 rings (SSSR count). The molecule has 0 fully saturated rings. The maximum absolute atomic E-state index is 12.1. The lowest BCUT2D eigenvalue weighted by atomic mass is 9.62. The quantitative estimate of drug-likeness (QED) is 0.185. The van der Waals surface area contributed by atoms with E-state index >= 15 is 0 Å². The Labute approximate surface area is 223 Å². The monoisotopic (exact) mass is 504 g/mol. The molecule has 2 aromatic carbocycles. The van der Waals surface area contributed by atoms with Gasteiger partial charge < -0.3 is 9.47 Å². The highest BCUT2D eigenvalue weighted by Gasteiger charge is 2.38. The summed E-state index contributed by atoms with van der Waals surface area (Å²) in [6, 6.07) is 12.1. The average molecular weight is 505 g/mol. The molecule has 4 nitrogen and oxygen atoms in total. The zero-order chi connectivity index (χ0) is 27.2. The maximum atomic E-state index is 12.1. The van der Waals surface area contributed by atoms with Crippen LogP contribution in [-0.2, 0) is 25.1 Å². The number of carbonyl (C=O) groups is 2. The first-order valence-electron chi connectivity index (χ1n) is 13.8. The van der Waals surface area contributed by atoms with Crippen LogP contribution in [0.15, 0.2) is 36.4 Å². The molecule has 0 aromatic heterocycles. The van der Waals surface area contributed by atoms with Gasteiger partial charge >= 0.3 is 11.9 Å². The Hall–Kier alpha value is -2.88. The van der Waals surface area contributed by atoms with Gasteiger partial charge in [0.25, 0.3) is 0 Å². The standard InChI is InChI=1S/C33H44O4/c1-8-10-11-12-30(37-23(3)34)27-22-29-28(32(4,5)19-20-33(29,6)7)21-26(27)18-15-24-13-16-25(17-14-24)31(35)36-9-2/h13-18,21-22,30H,8-12,19-20H2,1-7H3. The number of rotatable bonds is 10. The van der Waals surface area contributed by atoms with Crippen LogP contribution in [0.4, 0.5) is 0 Å². The van der Waals surface area contributed by atoms with Gasteiger partial charge in [0, 0.05) is 6.92 Å². The highest BCUT2D eigenvalue weighted by atomic mass is 16.5. The van der Waals surface area contributed by atoms with Gasteiger partial charge in [0.1, 0.15) is 6.10 Å². The van der Waals surface area contributed by atoms with Crippen LogP contribution >= 0.6 is 0 Å². The van der Waals surface area contributed by atoms with E-state index in [0.717, 1.165) is 55.2 Å². The summed E-state index contributed by atoms with van der Waals surface area (Å²) in [5, 5.41) is 0. The highest BCUT2D eigenvalue weighted by molar-refractivity contribution is 5.89. The van der Waals surface area contributed by atoms with Crippen LogP contribution in [-0.4, -0.2) is 18.5 Å². The molecular formula is C33H44O4. The van der Waals surface area contributed by atoms with E-state index in [0.29, 0.717) is 12.2 Å². The van der Waals surface area contributed by atoms with Crippen LogP contribution in [0.25, 0.3) is 12.2 Å². The van der Waals surface area contributed by atoms with E-state index < -0.39 is 0 Å². The van der Waals surface area contributed by atoms with Crippen molar-refractivity contribution in [1.29, 1.82) is 0 Å². The van der Waals surface area contributed by atoms with E-state index in [2.05, 4.69) is 58.9 Å². The van der Waals surface area contributed by atoms with Crippen molar-refractivity contribution in [1.82, 2.24) is 0 Å². The van der Waals surface area contributed by atoms with Crippen molar-refractivity contribution in [3.63, 3.8) is 0 Å². The van der Waals surface area contributed by atoms with E-state index in [1.807, 2.05) is 12.1 Å². The molecule has 0 N–H and O–H groups in total. The molecule has 1 aliphatic rings. The van der Waals surface area contributed by atoms with E-state index in [-0.39, 0.29) is 28.9 Å². The van der Waals surface area contributed by atoms with Gasteiger partial charge in [-0.15, -0.1) is 0 Å². The molecule has 0 bridgehead atoms. The lowest BCUT2D eigenvalue weighted by Crippen LogP contribution is -2.34. The summed E-state index contributed by atoms with van der Waals surface area (Å²) in [6.07, 6.45) is 10.2. The number of esters is 2. The van der Waals surface area contributed by atoms with Crippen molar-refractivity contribution >= 4 is 24.1 Å². The SMILES string of the molecule is CCCCCC(OC(C)=O)c1cc2c(cc1C=Cc1ccc(C(=O)OCC)cc1)C(C)(C)CCC2(C)C. The molecule has 1 unspecified atom stereocenters. The fourth-order valence-corrected chi connectivity index (χ4v) is 5.26. The molecule has 1 aliphatic carbocycles. The normalized spacial score (nSPS) is 16.7. The molecule has 200 valence electrons. The Bertz CT molecular complexity index is 1120. The first-order valence-corrected chi connectivity index (χ1v) is 13.8. The summed E-state index contributed by atoms with van der Waals surface area (Å²) in [5.74, 6) is -0.556. The number of ether oxygens (including phenoxy) is 2. The maximum Gasteiger partial charge on any atom is 0.338 e. The summed E-state index contributed by atoms with van der Waals surface area (Å²) in [6.45, 7) is 15.1. The van der Waals surface area contributed by atoms with E-state index in [9.17, 15) is 9.59 Å². The second-order valence-corrected chi connectivity index (χ2v) is 11.6. The Morgan fingerprint density at radius 3 is 2.11 bits per heavy atom. The molecule has 37 heavy (non-hydrogen) atoms. The van der Waals surface area contributed by atoms with Crippen molar-refractivity contribution in [2.45, 2.75) is 104 Å². The number of fused-ring (bicyclic) bond motifs is 1. The van der Waals surface area contributed by atoms with Crippen molar-refractivity contribution < 1.29 is 19.1 Å². The molecule has 1 atom stereocenters. The minimum absolute atomic E-state index is 0.0645. The fraction of sp³-hybridized carbons (Fsp3) is 0.515. The minimum Gasteiger partial charge on any atom is -0.462 e. The lowest BCUT2D eigenvalue weighted by molar-refractivity contribution is -0.147. The molecule has 0 aliphatic heterocycles. The average Bonchev–Trinajstić information content (AvgIpc) is 2.85. The molecule has 0 spiro atoms. The molecule has 4 heteroatoms. The number of carbonyl (C=O) groups excluding carboxylic acids is 2. The largest absolute Gasteiger partial charge is 0.462 e. The van der Waals surface area contributed by atoms with Crippen LogP contribution in [0.2, 0.25) is 0 Å². The molecule has 0 saturated heterocycles. The zero-order valence-electron chi connectivity index (χ0n) is 23.8. The summed E-state index contributed by atoms with van der Waals surface area (Å²) >= 11 is 0. The Morgan fingerprint density at radius 2 is 1.54 bits per heavy atom. The predicted octanol–water partition coefficient (Wildman–Crippen LogP) is 8.57. The van der Waals surface area contributed by atoms with Gasteiger partial charge in [0.15, 0.2) is 0 Å². The molecule has 2 aromatic rings. The summed E-state index contributed by atoms with van der Waals surface area (Å²) < 4.78 is 11.0. The molecule has 0 amide bonds. The van der Waals surface area contributed by atoms with Crippen LogP contribution in [0.5, 0.6) is 0 Å². The summed E-state index contributed by atoms with van der Waals surface area (Å²) in [5.41, 5.74) is 6.58. The first-order chi connectivity index (χ1) is 17.5. The third-order valence-electron chi connectivity index (χ3n) is 7.66. The van der Waals surface area contributed by atoms with Gasteiger partial charge in [-0.25, -0.2) is 4.79 Å². The van der Waals surface area contributed by atoms with Crippen molar-refractivity contribution in [3.8, 4) is 0 Å². The van der Waals surface area contributed by atoms with Crippen molar-refractivity contribution in [2.75, 3.05) is 6.61 Å². The third-order valence-corrected chi connectivity index (χ3v) is 7.66. The van der Waals surface area contributed by atoms with Crippen molar-refractivity contribution in [3.05, 3.63) is 69.8 Å². The minimum atomic E-state index is -0.309. The smallest absolute Gasteiger partial charge is 0.338 e. The van der Waals surface area contributed by atoms with E-state index in [1.165, 1.54) is 18.1 Å². The van der Waals surface area contributed by atoms with Gasteiger partial charge in [-0.05, 0) is 83.4 Å². The van der Waals surface area contributed by atoms with Gasteiger partial charge in [-0.2, -0.15) is 0 Å². The molecule has 0 saturated carbocycles. The zero-order valence-corrected chi connectivity index (χ0v) is 23.8. The second kappa shape index (κ2) is 12.1. The predicted molar refractivity (Wildman–Crippen MR) is 152 cm³/mol. The number of unbranched alkanes of at least 4 members (excludes halogenated alkanes) is 2. The summed E-state index contributed by atoms with van der Waals surface area (Å²) in [7, 11) is 0. The van der Waals surface area contributed by atoms with Gasteiger partial charge in [-0.1, -0.05) is 83.9 Å². The molecule has 0 radical (unpaired) electrons. The number of hydrogen-bond donors (Lipinski definition) is 0. The van der Waals surface area contributed by atoms with Gasteiger partial charge in [0.2, 0.25) is 0 Å². The number of benzene rings is 2. The highest BCUT2D eigenvalue weighted by Crippen LogP contribution is 2.48. The molecular weight excluding hydrogens is 460 g/mol. The van der Waals surface area contributed by atoms with E-state index in [4.69, 9.17) is 9.47 Å². The van der Waals surface area contributed by atoms with Crippen LogP contribution in [0.1, 0.15) is 131 Å². The van der Waals surface area contributed by atoms with Crippen LogP contribution in [0, 0.1) is 0 Å². The van der Waals surface area contributed by atoms with Crippen LogP contribution in [0.3, 0.4) is 0 Å². The third kappa shape index (κ3) is 7.12. The van der Waals surface area contributed by atoms with E-state index in [1.54, 1.807) is 19.1 Å². The van der Waals surface area contributed by atoms with Crippen molar-refractivity contribution in [2.24, 2.45) is 0 Å². The Balaban J connectivity index is 2.08. The lowest BCUT2D eigenvalue weighted by Gasteiger charge is -2.42. The second-order valence-electron chi connectivity index (χ2n) is 11.6. The van der Waals surface area contributed by atoms with Crippen LogP contribution < -0.4 is 0 Å². The fourth-order valence-electron chi connectivity index (χ4n) is 5.26. The van der Waals surface area contributed by atoms with Gasteiger partial charge in [-0.3, -0.25) is 4.79 Å². The topological polar surface area (TPSA) is 52.6 Å². The Morgan fingerprint density at radius 1 is 0.919 bits per heavy atom. The Kier molecular flexibility index (Phi) is 9.39. The van der Waals surface area contributed by atoms with Gasteiger partial charge in [0.05, 0.1) is 12.2 Å². The molecule has 0 heterocycles.